The normalized spacial score (nSPS) is 16.6. The molecule has 7 nitrogen and oxygen atoms in total. The number of fused-ring (bicyclic) bond motifs is 1. The Balaban J connectivity index is 1.69. The Morgan fingerprint density at radius 2 is 2.21 bits per heavy atom. The SMILES string of the molecule is O=C(O)CCOCC1CCCN1c1cc(-n2ccnc2)c2ccc(Cl)c(Cl)c2n1. The number of hydrogen-bond donors (Lipinski definition) is 1. The molecule has 9 heteroatoms. The van der Waals surface area contributed by atoms with E-state index in [1.54, 1.807) is 18.6 Å². The van der Waals surface area contributed by atoms with Gasteiger partial charge >= 0.3 is 5.97 Å². The van der Waals surface area contributed by atoms with E-state index in [0.717, 1.165) is 36.3 Å². The van der Waals surface area contributed by atoms with Crippen LogP contribution in [0.25, 0.3) is 16.6 Å². The van der Waals surface area contributed by atoms with Gasteiger partial charge in [0.05, 0.1) is 53.3 Å². The maximum atomic E-state index is 10.7. The fraction of sp³-hybridized carbons (Fsp3) is 0.350. The highest BCUT2D eigenvalue weighted by atomic mass is 35.5. The van der Waals surface area contributed by atoms with Crippen LogP contribution < -0.4 is 4.90 Å². The summed E-state index contributed by atoms with van der Waals surface area (Å²) in [6.45, 7) is 1.50. The lowest BCUT2D eigenvalue weighted by atomic mass is 10.1. The molecule has 1 aromatic carbocycles. The van der Waals surface area contributed by atoms with Crippen molar-refractivity contribution in [3.05, 3.63) is 47.0 Å². The molecule has 3 heterocycles. The number of benzene rings is 1. The van der Waals surface area contributed by atoms with Gasteiger partial charge in [-0.15, -0.1) is 0 Å². The van der Waals surface area contributed by atoms with E-state index in [9.17, 15) is 4.79 Å². The molecule has 1 atom stereocenters. The molecule has 1 unspecified atom stereocenters. The average Bonchev–Trinajstić information content (AvgIpc) is 3.39. The summed E-state index contributed by atoms with van der Waals surface area (Å²) in [5.74, 6) is -0.0735. The molecule has 29 heavy (non-hydrogen) atoms. The predicted molar refractivity (Wildman–Crippen MR) is 112 cm³/mol. The molecule has 0 bridgehead atoms. The van der Waals surface area contributed by atoms with E-state index in [-0.39, 0.29) is 19.1 Å². The van der Waals surface area contributed by atoms with Gasteiger partial charge in [0.2, 0.25) is 0 Å². The standard InChI is InChI=1S/C20H20Cl2N4O3/c21-15-4-3-14-16(25-8-6-23-12-25)10-17(24-20(14)19(15)22)26-7-1-2-13(26)11-29-9-5-18(27)28/h3-4,6,8,10,12-13H,1-2,5,7,9,11H2,(H,27,28). The first kappa shape index (κ1) is 19.9. The lowest BCUT2D eigenvalue weighted by Gasteiger charge is -2.27. The Kier molecular flexibility index (Phi) is 5.89. The van der Waals surface area contributed by atoms with Crippen LogP contribution >= 0.6 is 23.2 Å². The number of anilines is 1. The first-order chi connectivity index (χ1) is 14.0. The average molecular weight is 435 g/mol. The highest BCUT2D eigenvalue weighted by Crippen LogP contribution is 2.36. The van der Waals surface area contributed by atoms with E-state index in [1.807, 2.05) is 22.9 Å². The summed E-state index contributed by atoms with van der Waals surface area (Å²) in [6.07, 6.45) is 7.29. The van der Waals surface area contributed by atoms with Gasteiger partial charge in [0.25, 0.3) is 0 Å². The monoisotopic (exact) mass is 434 g/mol. The number of rotatable bonds is 7. The van der Waals surface area contributed by atoms with E-state index in [0.29, 0.717) is 22.2 Å². The summed E-state index contributed by atoms with van der Waals surface area (Å²) in [5.41, 5.74) is 1.55. The second-order valence-electron chi connectivity index (χ2n) is 6.94. The molecule has 0 aliphatic carbocycles. The molecule has 3 aromatic rings. The number of nitrogens with zero attached hydrogens (tertiary/aromatic N) is 4. The van der Waals surface area contributed by atoms with Crippen LogP contribution in [0.1, 0.15) is 19.3 Å². The third kappa shape index (κ3) is 4.17. The van der Waals surface area contributed by atoms with E-state index >= 15 is 0 Å². The molecule has 1 saturated heterocycles. The smallest absolute Gasteiger partial charge is 0.305 e. The number of imidazole rings is 1. The number of carbonyl (C=O) groups is 1. The van der Waals surface area contributed by atoms with E-state index < -0.39 is 5.97 Å². The first-order valence-electron chi connectivity index (χ1n) is 9.38. The number of carboxylic acid groups (broad SMARTS) is 1. The molecule has 1 aliphatic heterocycles. The van der Waals surface area contributed by atoms with Crippen molar-refractivity contribution < 1.29 is 14.6 Å². The molecule has 1 aliphatic rings. The molecule has 152 valence electrons. The molecule has 1 fully saturated rings. The van der Waals surface area contributed by atoms with E-state index in [1.165, 1.54) is 0 Å². The Morgan fingerprint density at radius 3 is 2.97 bits per heavy atom. The van der Waals surface area contributed by atoms with Crippen molar-refractivity contribution in [1.82, 2.24) is 14.5 Å². The molecule has 0 saturated carbocycles. The minimum atomic E-state index is -0.860. The van der Waals surface area contributed by atoms with Gasteiger partial charge in [0.1, 0.15) is 5.82 Å². The number of aliphatic carboxylic acids is 1. The number of aromatic nitrogens is 3. The van der Waals surface area contributed by atoms with Gasteiger partial charge in [-0.25, -0.2) is 9.97 Å². The second kappa shape index (κ2) is 8.57. The van der Waals surface area contributed by atoms with Crippen LogP contribution in [0.4, 0.5) is 5.82 Å². The fourth-order valence-corrected chi connectivity index (χ4v) is 4.01. The van der Waals surface area contributed by atoms with Gasteiger partial charge in [-0.1, -0.05) is 23.2 Å². The van der Waals surface area contributed by atoms with Crippen LogP contribution in [0.5, 0.6) is 0 Å². The minimum Gasteiger partial charge on any atom is -0.481 e. The number of ether oxygens (including phenoxy) is 1. The van der Waals surface area contributed by atoms with Crippen molar-refractivity contribution in [2.24, 2.45) is 0 Å². The van der Waals surface area contributed by atoms with Gasteiger partial charge in [-0.2, -0.15) is 0 Å². The fourth-order valence-electron chi connectivity index (χ4n) is 3.65. The van der Waals surface area contributed by atoms with Gasteiger partial charge in [0.15, 0.2) is 0 Å². The summed E-state index contributed by atoms with van der Waals surface area (Å²) in [6, 6.07) is 5.82. The maximum absolute atomic E-state index is 10.7. The third-order valence-corrected chi connectivity index (χ3v) is 5.86. The van der Waals surface area contributed by atoms with Crippen molar-refractivity contribution in [3.63, 3.8) is 0 Å². The van der Waals surface area contributed by atoms with Crippen molar-refractivity contribution in [2.75, 3.05) is 24.7 Å². The number of pyridine rings is 1. The second-order valence-corrected chi connectivity index (χ2v) is 7.72. The molecular formula is C20H20Cl2N4O3. The van der Waals surface area contributed by atoms with Crippen molar-refractivity contribution >= 4 is 45.9 Å². The Bertz CT molecular complexity index is 1030. The molecule has 4 rings (SSSR count). The number of halogens is 2. The Labute approximate surface area is 177 Å². The van der Waals surface area contributed by atoms with Crippen molar-refractivity contribution in [2.45, 2.75) is 25.3 Å². The lowest BCUT2D eigenvalue weighted by Crippen LogP contribution is -2.34. The summed E-state index contributed by atoms with van der Waals surface area (Å²) in [5, 5.41) is 10.5. The van der Waals surface area contributed by atoms with E-state index in [2.05, 4.69) is 9.88 Å². The lowest BCUT2D eigenvalue weighted by molar-refractivity contribution is -0.138. The molecule has 0 amide bonds. The maximum Gasteiger partial charge on any atom is 0.305 e. The van der Waals surface area contributed by atoms with Crippen molar-refractivity contribution in [3.8, 4) is 5.69 Å². The summed E-state index contributed by atoms with van der Waals surface area (Å²) in [4.78, 5) is 21.9. The molecule has 2 aromatic heterocycles. The van der Waals surface area contributed by atoms with Gasteiger partial charge in [0, 0.05) is 30.4 Å². The van der Waals surface area contributed by atoms with Crippen LogP contribution in [-0.4, -0.2) is 51.4 Å². The van der Waals surface area contributed by atoms with E-state index in [4.69, 9.17) is 38.0 Å². The van der Waals surface area contributed by atoms with Crippen LogP contribution in [0.2, 0.25) is 10.0 Å². The molecular weight excluding hydrogens is 415 g/mol. The first-order valence-corrected chi connectivity index (χ1v) is 10.1. The molecule has 0 radical (unpaired) electrons. The highest BCUT2D eigenvalue weighted by molar-refractivity contribution is 6.45. The topological polar surface area (TPSA) is 80.5 Å². The highest BCUT2D eigenvalue weighted by Gasteiger charge is 2.27. The minimum absolute atomic E-state index is 0.000170. The van der Waals surface area contributed by atoms with Gasteiger partial charge in [-0.05, 0) is 25.0 Å². The zero-order valence-electron chi connectivity index (χ0n) is 15.6. The molecule has 0 spiro atoms. The van der Waals surface area contributed by atoms with Gasteiger partial charge < -0.3 is 19.3 Å². The van der Waals surface area contributed by atoms with Crippen LogP contribution in [0, 0.1) is 0 Å². The zero-order chi connectivity index (χ0) is 20.4. The third-order valence-electron chi connectivity index (χ3n) is 5.06. The summed E-state index contributed by atoms with van der Waals surface area (Å²) < 4.78 is 7.52. The van der Waals surface area contributed by atoms with Crippen LogP contribution in [0.3, 0.4) is 0 Å². The largest absolute Gasteiger partial charge is 0.481 e. The Hall–Kier alpha value is -2.35. The predicted octanol–water partition coefficient (Wildman–Crippen LogP) is 4.19. The quantitative estimate of drug-likeness (QED) is 0.561. The van der Waals surface area contributed by atoms with Crippen molar-refractivity contribution in [1.29, 1.82) is 0 Å². The number of hydrogen-bond acceptors (Lipinski definition) is 5. The number of carboxylic acids is 1. The zero-order valence-corrected chi connectivity index (χ0v) is 17.1. The summed E-state index contributed by atoms with van der Waals surface area (Å²) >= 11 is 12.7. The van der Waals surface area contributed by atoms with Crippen LogP contribution in [0.15, 0.2) is 36.9 Å². The summed E-state index contributed by atoms with van der Waals surface area (Å²) in [7, 11) is 0. The van der Waals surface area contributed by atoms with Gasteiger partial charge in [-0.3, -0.25) is 4.79 Å². The molecule has 1 N–H and O–H groups in total. The van der Waals surface area contributed by atoms with Crippen LogP contribution in [-0.2, 0) is 9.53 Å². The Morgan fingerprint density at radius 1 is 1.34 bits per heavy atom.